The summed E-state index contributed by atoms with van der Waals surface area (Å²) in [5, 5.41) is 14.2. The molecule has 1 heterocycles. The first-order chi connectivity index (χ1) is 10.0. The van der Waals surface area contributed by atoms with Gasteiger partial charge in [-0.1, -0.05) is 22.0 Å². The summed E-state index contributed by atoms with van der Waals surface area (Å²) in [6.07, 6.45) is 0. The number of hydrogen-bond donors (Lipinski definition) is 2. The highest BCUT2D eigenvalue weighted by atomic mass is 79.9. The fourth-order valence-corrected chi connectivity index (χ4v) is 2.65. The summed E-state index contributed by atoms with van der Waals surface area (Å²) in [6.45, 7) is 3.91. The summed E-state index contributed by atoms with van der Waals surface area (Å²) >= 11 is 3.46. The molecule has 0 amide bonds. The zero-order valence-electron chi connectivity index (χ0n) is 11.9. The van der Waals surface area contributed by atoms with Gasteiger partial charge in [-0.25, -0.2) is 0 Å². The van der Waals surface area contributed by atoms with Crippen molar-refractivity contribution in [1.82, 2.24) is 0 Å². The third-order valence-corrected chi connectivity index (χ3v) is 4.01. The van der Waals surface area contributed by atoms with Crippen LogP contribution in [0.4, 0.5) is 5.69 Å². The van der Waals surface area contributed by atoms with Crippen molar-refractivity contribution in [3.05, 3.63) is 58.3 Å². The van der Waals surface area contributed by atoms with Crippen molar-refractivity contribution >= 4 is 32.6 Å². The van der Waals surface area contributed by atoms with Gasteiger partial charge in [0, 0.05) is 21.6 Å². The molecule has 3 nitrogen and oxygen atoms in total. The number of hydrogen-bond acceptors (Lipinski definition) is 3. The Morgan fingerprint density at radius 3 is 2.71 bits per heavy atom. The maximum Gasteiger partial charge on any atom is 0.134 e. The van der Waals surface area contributed by atoms with Gasteiger partial charge in [0.1, 0.15) is 17.1 Å². The molecular weight excluding hydrogens is 330 g/mol. The molecule has 4 heteroatoms. The molecule has 1 aromatic heterocycles. The first-order valence-corrected chi connectivity index (χ1v) is 7.57. The van der Waals surface area contributed by atoms with E-state index in [9.17, 15) is 5.11 Å². The largest absolute Gasteiger partial charge is 0.508 e. The molecule has 1 unspecified atom stereocenters. The Balaban J connectivity index is 1.85. The maximum absolute atomic E-state index is 9.76. The minimum absolute atomic E-state index is 0.0123. The van der Waals surface area contributed by atoms with Crippen LogP contribution < -0.4 is 5.32 Å². The lowest BCUT2D eigenvalue weighted by molar-refractivity contribution is 0.471. The second-order valence-electron chi connectivity index (χ2n) is 5.20. The van der Waals surface area contributed by atoms with E-state index in [1.165, 1.54) is 0 Å². The average Bonchev–Trinajstić information content (AvgIpc) is 2.86. The Labute approximate surface area is 131 Å². The maximum atomic E-state index is 9.76. The summed E-state index contributed by atoms with van der Waals surface area (Å²) in [5.74, 6) is 1.16. The lowest BCUT2D eigenvalue weighted by Gasteiger charge is -2.13. The van der Waals surface area contributed by atoms with Crippen LogP contribution in [0.1, 0.15) is 24.3 Å². The summed E-state index contributed by atoms with van der Waals surface area (Å²) < 4.78 is 6.90. The number of furan rings is 1. The van der Waals surface area contributed by atoms with Crippen molar-refractivity contribution < 1.29 is 9.52 Å². The Morgan fingerprint density at radius 1 is 1.14 bits per heavy atom. The third kappa shape index (κ3) is 2.90. The van der Waals surface area contributed by atoms with Crippen LogP contribution in [0, 0.1) is 6.92 Å². The molecule has 0 spiro atoms. The van der Waals surface area contributed by atoms with Crippen LogP contribution in [0.5, 0.6) is 5.75 Å². The molecule has 0 aliphatic rings. The van der Waals surface area contributed by atoms with Gasteiger partial charge in [-0.2, -0.15) is 0 Å². The molecule has 0 saturated carbocycles. The summed E-state index contributed by atoms with van der Waals surface area (Å²) in [7, 11) is 0. The van der Waals surface area contributed by atoms with Gasteiger partial charge in [-0.05, 0) is 49.7 Å². The molecule has 2 N–H and O–H groups in total. The summed E-state index contributed by atoms with van der Waals surface area (Å²) in [4.78, 5) is 0. The van der Waals surface area contributed by atoms with Crippen molar-refractivity contribution in [3.63, 3.8) is 0 Å². The number of fused-ring (bicyclic) bond motifs is 1. The van der Waals surface area contributed by atoms with Gasteiger partial charge in [-0.3, -0.25) is 0 Å². The number of phenols is 1. The topological polar surface area (TPSA) is 45.4 Å². The van der Waals surface area contributed by atoms with E-state index in [-0.39, 0.29) is 6.04 Å². The number of aromatic hydroxyl groups is 1. The van der Waals surface area contributed by atoms with E-state index in [0.717, 1.165) is 32.5 Å². The Morgan fingerprint density at radius 2 is 1.95 bits per heavy atom. The van der Waals surface area contributed by atoms with E-state index in [1.807, 2.05) is 50.2 Å². The van der Waals surface area contributed by atoms with Gasteiger partial charge in [0.2, 0.25) is 0 Å². The van der Waals surface area contributed by atoms with Gasteiger partial charge >= 0.3 is 0 Å². The van der Waals surface area contributed by atoms with E-state index in [2.05, 4.69) is 21.2 Å². The molecule has 0 fully saturated rings. The zero-order chi connectivity index (χ0) is 15.0. The van der Waals surface area contributed by atoms with Gasteiger partial charge in [0.15, 0.2) is 0 Å². The van der Waals surface area contributed by atoms with Crippen LogP contribution in [0.3, 0.4) is 0 Å². The number of phenolic OH excluding ortho intramolecular Hbond substituents is 1. The molecular formula is C17H16BrNO2. The molecule has 3 rings (SSSR count). The second kappa shape index (κ2) is 5.45. The molecule has 3 aromatic rings. The smallest absolute Gasteiger partial charge is 0.134 e. The van der Waals surface area contributed by atoms with Gasteiger partial charge < -0.3 is 14.8 Å². The summed E-state index contributed by atoms with van der Waals surface area (Å²) in [6, 6.07) is 13.6. The highest BCUT2D eigenvalue weighted by Gasteiger charge is 2.12. The van der Waals surface area contributed by atoms with Gasteiger partial charge in [0.05, 0.1) is 6.04 Å². The minimum Gasteiger partial charge on any atom is -0.508 e. The van der Waals surface area contributed by atoms with Crippen LogP contribution in [0.15, 0.2) is 51.4 Å². The molecule has 21 heavy (non-hydrogen) atoms. The van der Waals surface area contributed by atoms with Crippen molar-refractivity contribution in [2.45, 2.75) is 19.9 Å². The highest BCUT2D eigenvalue weighted by Crippen LogP contribution is 2.29. The highest BCUT2D eigenvalue weighted by molar-refractivity contribution is 9.10. The minimum atomic E-state index is 0.0123. The second-order valence-corrected chi connectivity index (χ2v) is 6.11. The molecule has 0 saturated heterocycles. The van der Waals surface area contributed by atoms with Crippen molar-refractivity contribution in [2.75, 3.05) is 5.32 Å². The average molecular weight is 346 g/mol. The van der Waals surface area contributed by atoms with E-state index >= 15 is 0 Å². The van der Waals surface area contributed by atoms with E-state index in [1.54, 1.807) is 6.07 Å². The van der Waals surface area contributed by atoms with Crippen LogP contribution in [0.25, 0.3) is 11.0 Å². The fourth-order valence-electron chi connectivity index (χ4n) is 2.27. The van der Waals surface area contributed by atoms with Crippen molar-refractivity contribution in [3.8, 4) is 5.75 Å². The molecule has 1 atom stereocenters. The first-order valence-electron chi connectivity index (χ1n) is 6.78. The van der Waals surface area contributed by atoms with E-state index in [0.29, 0.717) is 5.75 Å². The number of anilines is 1. The van der Waals surface area contributed by atoms with Crippen LogP contribution >= 0.6 is 15.9 Å². The van der Waals surface area contributed by atoms with E-state index < -0.39 is 0 Å². The van der Waals surface area contributed by atoms with Crippen LogP contribution in [-0.4, -0.2) is 5.11 Å². The molecule has 108 valence electrons. The van der Waals surface area contributed by atoms with Crippen LogP contribution in [0.2, 0.25) is 0 Å². The zero-order valence-corrected chi connectivity index (χ0v) is 13.4. The molecule has 0 radical (unpaired) electrons. The Kier molecular flexibility index (Phi) is 3.64. The number of rotatable bonds is 3. The molecule has 2 aromatic carbocycles. The summed E-state index contributed by atoms with van der Waals surface area (Å²) in [5.41, 5.74) is 2.60. The molecule has 0 aliphatic heterocycles. The number of nitrogens with one attached hydrogen (secondary N) is 1. The van der Waals surface area contributed by atoms with Crippen molar-refractivity contribution in [1.29, 1.82) is 0 Å². The third-order valence-electron chi connectivity index (χ3n) is 3.52. The lowest BCUT2D eigenvalue weighted by atomic mass is 10.1. The normalized spacial score (nSPS) is 12.5. The van der Waals surface area contributed by atoms with Crippen LogP contribution in [-0.2, 0) is 0 Å². The van der Waals surface area contributed by atoms with E-state index in [4.69, 9.17) is 4.42 Å². The van der Waals surface area contributed by atoms with Gasteiger partial charge in [-0.15, -0.1) is 0 Å². The fraction of sp³-hybridized carbons (Fsp3) is 0.176. The standard InChI is InChI=1S/C17H16BrNO2/c1-10-3-5-14(9-15(10)20)19-11(2)17-8-12-7-13(18)4-6-16(12)21-17/h3-9,11,19-20H,1-2H3. The molecule has 0 aliphatic carbocycles. The Bertz CT molecular complexity index is 795. The van der Waals surface area contributed by atoms with Crippen molar-refractivity contribution in [2.24, 2.45) is 0 Å². The lowest BCUT2D eigenvalue weighted by Crippen LogP contribution is -2.05. The number of halogens is 1. The SMILES string of the molecule is Cc1ccc(NC(C)c2cc3cc(Br)ccc3o2)cc1O. The quantitative estimate of drug-likeness (QED) is 0.669. The number of aryl methyl sites for hydroxylation is 1. The predicted molar refractivity (Wildman–Crippen MR) is 88.8 cm³/mol. The number of benzene rings is 2. The molecule has 0 bridgehead atoms. The Hall–Kier alpha value is -1.94. The predicted octanol–water partition coefficient (Wildman–Crippen LogP) is 5.38. The monoisotopic (exact) mass is 345 g/mol. The van der Waals surface area contributed by atoms with Gasteiger partial charge in [0.25, 0.3) is 0 Å². The first kappa shape index (κ1) is 14.0.